The maximum Gasteiger partial charge on any atom is 0.339 e. The summed E-state index contributed by atoms with van der Waals surface area (Å²) in [4.78, 5) is 70.1. The molecule has 6 atom stereocenters. The third-order valence-corrected chi connectivity index (χ3v) is 10.7. The minimum absolute atomic E-state index is 0.0243. The summed E-state index contributed by atoms with van der Waals surface area (Å²) in [5.41, 5.74) is 0.314. The third-order valence-electron chi connectivity index (χ3n) is 10.5. The monoisotopic (exact) mass is 658 g/mol. The number of phenolic OH excluding ortho intramolecular Hbond substituents is 1. The number of aromatic carboxylic acids is 1. The van der Waals surface area contributed by atoms with E-state index >= 15 is 0 Å². The van der Waals surface area contributed by atoms with Crippen molar-refractivity contribution in [2.24, 2.45) is 29.1 Å². The molecule has 4 amide bonds. The molecule has 1 saturated carbocycles. The van der Waals surface area contributed by atoms with Crippen molar-refractivity contribution >= 4 is 52.6 Å². The number of hydrogen-bond acceptors (Lipinski definition) is 7. The molecule has 240 valence electrons. The molecule has 0 radical (unpaired) electrons. The molecule has 7 rings (SSSR count). The van der Waals surface area contributed by atoms with Gasteiger partial charge in [0.05, 0.1) is 39.6 Å². The Morgan fingerprint density at radius 2 is 1.60 bits per heavy atom. The van der Waals surface area contributed by atoms with Gasteiger partial charge in [-0.1, -0.05) is 35.4 Å². The number of aromatic hydroxyl groups is 2. The fourth-order valence-electron chi connectivity index (χ4n) is 8.22. The number of carbonyl (C=O) groups excluding carboxylic acids is 4. The zero-order valence-corrected chi connectivity index (χ0v) is 25.9. The number of imide groups is 2. The Labute approximate surface area is 272 Å². The van der Waals surface area contributed by atoms with Gasteiger partial charge in [-0.3, -0.25) is 19.2 Å². The highest BCUT2D eigenvalue weighted by Crippen LogP contribution is 2.64. The standard InChI is InChI=1S/C35H28ClFN2O8/c1-15-11-16(3-10-26(15)40)29-19-7-8-21-28(32(44)38(30(21)42)18-4-6-20(33(45)46)27(41)13-18)22(19)14-23-31(43)39(34(47)35(23,29)2)17-5-9-25(37)24(36)12-17/h3-7,9-13,21-23,28-29,40-41H,8,14H2,1-2H3,(H,45,46). The number of halogens is 2. The van der Waals surface area contributed by atoms with E-state index < -0.39 is 76.2 Å². The Hall–Kier alpha value is -5.03. The first-order valence-electron chi connectivity index (χ1n) is 15.0. The normalized spacial score (nSPS) is 28.3. The molecule has 2 aliphatic heterocycles. The molecule has 10 nitrogen and oxygen atoms in total. The average Bonchev–Trinajstić information content (AvgIpc) is 3.39. The van der Waals surface area contributed by atoms with E-state index in [4.69, 9.17) is 11.6 Å². The van der Waals surface area contributed by atoms with Crippen LogP contribution in [0.2, 0.25) is 5.02 Å². The van der Waals surface area contributed by atoms with E-state index in [-0.39, 0.29) is 40.6 Å². The highest BCUT2D eigenvalue weighted by molar-refractivity contribution is 6.32. The van der Waals surface area contributed by atoms with Crippen LogP contribution >= 0.6 is 11.6 Å². The van der Waals surface area contributed by atoms with Crippen LogP contribution in [0.1, 0.15) is 47.2 Å². The van der Waals surface area contributed by atoms with Crippen LogP contribution in [0.15, 0.2) is 66.2 Å². The van der Waals surface area contributed by atoms with Gasteiger partial charge >= 0.3 is 5.97 Å². The second-order valence-electron chi connectivity index (χ2n) is 12.8. The molecule has 3 fully saturated rings. The second-order valence-corrected chi connectivity index (χ2v) is 13.2. The van der Waals surface area contributed by atoms with Crippen LogP contribution < -0.4 is 9.80 Å². The van der Waals surface area contributed by atoms with Gasteiger partial charge in [-0.15, -0.1) is 0 Å². The minimum atomic E-state index is -1.37. The zero-order chi connectivity index (χ0) is 33.7. The Kier molecular flexibility index (Phi) is 6.84. The molecule has 4 aliphatic rings. The van der Waals surface area contributed by atoms with E-state index in [0.717, 1.165) is 33.6 Å². The van der Waals surface area contributed by atoms with Crippen LogP contribution in [0.3, 0.4) is 0 Å². The number of aryl methyl sites for hydroxylation is 1. The summed E-state index contributed by atoms with van der Waals surface area (Å²) in [6.07, 6.45) is 2.11. The van der Waals surface area contributed by atoms with Gasteiger partial charge in [0.25, 0.3) is 0 Å². The van der Waals surface area contributed by atoms with Crippen molar-refractivity contribution in [3.63, 3.8) is 0 Å². The fraction of sp³-hybridized carbons (Fsp3) is 0.286. The van der Waals surface area contributed by atoms with E-state index in [0.29, 0.717) is 11.1 Å². The van der Waals surface area contributed by atoms with Crippen LogP contribution in [-0.4, -0.2) is 44.9 Å². The number of benzene rings is 3. The van der Waals surface area contributed by atoms with E-state index in [1.807, 2.05) is 6.08 Å². The summed E-state index contributed by atoms with van der Waals surface area (Å²) in [7, 11) is 0. The molecule has 47 heavy (non-hydrogen) atoms. The lowest BCUT2D eigenvalue weighted by Crippen LogP contribution is -2.48. The van der Waals surface area contributed by atoms with Gasteiger partial charge in [0.2, 0.25) is 23.6 Å². The number of phenols is 2. The summed E-state index contributed by atoms with van der Waals surface area (Å²) in [5, 5.41) is 29.7. The number of carboxylic acids is 1. The molecule has 3 N–H and O–H groups in total. The van der Waals surface area contributed by atoms with Crippen molar-refractivity contribution < 1.29 is 43.7 Å². The lowest BCUT2D eigenvalue weighted by molar-refractivity contribution is -0.131. The summed E-state index contributed by atoms with van der Waals surface area (Å²) >= 11 is 6.04. The Morgan fingerprint density at radius 3 is 2.26 bits per heavy atom. The number of rotatable bonds is 4. The van der Waals surface area contributed by atoms with E-state index in [1.165, 1.54) is 24.3 Å². The van der Waals surface area contributed by atoms with Crippen LogP contribution in [-0.2, 0) is 19.2 Å². The molecule has 3 aromatic rings. The Bertz CT molecular complexity index is 1990. The first kappa shape index (κ1) is 30.6. The number of hydrogen-bond donors (Lipinski definition) is 3. The number of nitrogens with zero attached hydrogens (tertiary/aromatic N) is 2. The molecule has 0 bridgehead atoms. The molecule has 2 saturated heterocycles. The predicted octanol–water partition coefficient (Wildman–Crippen LogP) is 5.33. The zero-order valence-electron chi connectivity index (χ0n) is 25.1. The smallest absolute Gasteiger partial charge is 0.339 e. The summed E-state index contributed by atoms with van der Waals surface area (Å²) in [5.74, 6) is -8.74. The summed E-state index contributed by atoms with van der Waals surface area (Å²) in [6, 6.07) is 12.0. The van der Waals surface area contributed by atoms with Crippen molar-refractivity contribution in [2.75, 3.05) is 9.80 Å². The molecule has 0 spiro atoms. The highest BCUT2D eigenvalue weighted by atomic mass is 35.5. The van der Waals surface area contributed by atoms with Crippen LogP contribution in [0, 0.1) is 41.8 Å². The number of carbonyl (C=O) groups is 5. The molecule has 6 unspecified atom stereocenters. The minimum Gasteiger partial charge on any atom is -0.508 e. The summed E-state index contributed by atoms with van der Waals surface area (Å²) < 4.78 is 14.1. The van der Waals surface area contributed by atoms with Crippen molar-refractivity contribution in [3.8, 4) is 11.5 Å². The highest BCUT2D eigenvalue weighted by Gasteiger charge is 2.67. The van der Waals surface area contributed by atoms with Gasteiger partial charge in [0, 0.05) is 12.0 Å². The lowest BCUT2D eigenvalue weighted by Gasteiger charge is -2.49. The fourth-order valence-corrected chi connectivity index (χ4v) is 8.39. The van der Waals surface area contributed by atoms with Crippen LogP contribution in [0.4, 0.5) is 15.8 Å². The molecular formula is C35H28ClFN2O8. The molecule has 12 heteroatoms. The van der Waals surface area contributed by atoms with E-state index in [9.17, 15) is 43.7 Å². The van der Waals surface area contributed by atoms with Gasteiger partial charge in [0.15, 0.2) is 0 Å². The first-order chi connectivity index (χ1) is 22.2. The molecule has 3 aromatic carbocycles. The van der Waals surface area contributed by atoms with Gasteiger partial charge in [-0.2, -0.15) is 0 Å². The van der Waals surface area contributed by atoms with Crippen molar-refractivity contribution in [3.05, 3.63) is 93.8 Å². The van der Waals surface area contributed by atoms with Crippen molar-refractivity contribution in [1.29, 1.82) is 0 Å². The van der Waals surface area contributed by atoms with E-state index in [1.54, 1.807) is 26.0 Å². The van der Waals surface area contributed by atoms with Gasteiger partial charge < -0.3 is 15.3 Å². The molecule has 0 aromatic heterocycles. The SMILES string of the molecule is Cc1cc(C2C3=CCC4C(=O)N(c5ccc(C(=O)O)c(O)c5)C(=O)C4C3CC3C(=O)N(c4ccc(F)c(Cl)c4)C(=O)C32C)ccc1O. The molecular weight excluding hydrogens is 631 g/mol. The number of amides is 4. The number of allylic oxidation sites excluding steroid dienone is 2. The van der Waals surface area contributed by atoms with Crippen molar-refractivity contribution in [1.82, 2.24) is 0 Å². The average molecular weight is 659 g/mol. The number of fused-ring (bicyclic) bond motifs is 4. The van der Waals surface area contributed by atoms with Crippen LogP contribution in [0.5, 0.6) is 11.5 Å². The molecule has 2 aliphatic carbocycles. The topological polar surface area (TPSA) is 153 Å². The maximum absolute atomic E-state index is 14.5. The largest absolute Gasteiger partial charge is 0.508 e. The van der Waals surface area contributed by atoms with Crippen LogP contribution in [0.25, 0.3) is 0 Å². The maximum atomic E-state index is 14.5. The second kappa shape index (κ2) is 10.5. The number of carboxylic acid groups (broad SMARTS) is 1. The number of anilines is 2. The predicted molar refractivity (Wildman–Crippen MR) is 166 cm³/mol. The van der Waals surface area contributed by atoms with Crippen molar-refractivity contribution in [2.45, 2.75) is 32.6 Å². The Morgan fingerprint density at radius 1 is 0.894 bits per heavy atom. The van der Waals surface area contributed by atoms with E-state index in [2.05, 4.69) is 0 Å². The first-order valence-corrected chi connectivity index (χ1v) is 15.4. The quantitative estimate of drug-likeness (QED) is 0.251. The lowest BCUT2D eigenvalue weighted by atomic mass is 9.51. The van der Waals surface area contributed by atoms with Gasteiger partial charge in [-0.25, -0.2) is 19.0 Å². The van der Waals surface area contributed by atoms with Gasteiger partial charge in [0.1, 0.15) is 22.9 Å². The Balaban J connectivity index is 1.35. The molecule has 2 heterocycles. The third kappa shape index (κ3) is 4.25. The van der Waals surface area contributed by atoms with Gasteiger partial charge in [-0.05, 0) is 80.1 Å². The summed E-state index contributed by atoms with van der Waals surface area (Å²) in [6.45, 7) is 3.42.